The van der Waals surface area contributed by atoms with Crippen molar-refractivity contribution in [1.82, 2.24) is 14.9 Å². The van der Waals surface area contributed by atoms with E-state index in [1.165, 1.54) is 25.3 Å². The largest absolute Gasteiger partial charge is 0.461 e. The molecule has 1 unspecified atom stereocenters. The molecule has 0 radical (unpaired) electrons. The van der Waals surface area contributed by atoms with Crippen LogP contribution in [0.25, 0.3) is 15.6 Å². The molecule has 0 bridgehead atoms. The van der Waals surface area contributed by atoms with Gasteiger partial charge in [-0.25, -0.2) is 6.57 Å². The number of fused-ring (bicyclic) bond motifs is 2. The van der Waals surface area contributed by atoms with Gasteiger partial charge in [0.15, 0.2) is 0 Å². The third kappa shape index (κ3) is 6.13. The molecular weight excluding hydrogens is 600 g/mol. The Balaban J connectivity index is 1.16. The summed E-state index contributed by atoms with van der Waals surface area (Å²) in [7, 11) is 0. The number of hydrogen-bond acceptors (Lipinski definition) is 7. The fourth-order valence-corrected chi connectivity index (χ4v) is 7.92. The lowest BCUT2D eigenvalue weighted by Crippen LogP contribution is -2.56. The number of carbonyl (C=O) groups is 1. The molecule has 1 saturated heterocycles. The highest BCUT2D eigenvalue weighted by Gasteiger charge is 2.48. The van der Waals surface area contributed by atoms with Crippen LogP contribution in [0.5, 0.6) is 6.01 Å². The Morgan fingerprint density at radius 2 is 2.00 bits per heavy atom. The van der Waals surface area contributed by atoms with E-state index in [-0.39, 0.29) is 24.6 Å². The number of nitrogens with zero attached hydrogens (tertiary/aromatic N) is 6. The fraction of sp³-hybridized carbons (Fsp3) is 0.500. The van der Waals surface area contributed by atoms with Gasteiger partial charge in [-0.3, -0.25) is 4.79 Å². The van der Waals surface area contributed by atoms with Gasteiger partial charge >= 0.3 is 6.01 Å². The number of aromatic nitrogens is 2. The van der Waals surface area contributed by atoms with Gasteiger partial charge in [0, 0.05) is 42.8 Å². The summed E-state index contributed by atoms with van der Waals surface area (Å²) in [5.74, 6) is 0.687. The van der Waals surface area contributed by atoms with Crippen LogP contribution >= 0.6 is 11.6 Å². The normalized spacial score (nSPS) is 22.4. The van der Waals surface area contributed by atoms with Gasteiger partial charge in [0.1, 0.15) is 18.5 Å². The van der Waals surface area contributed by atoms with E-state index in [2.05, 4.69) is 52.4 Å². The summed E-state index contributed by atoms with van der Waals surface area (Å²) < 4.78 is 12.7. The molecule has 2 aliphatic carbocycles. The smallest absolute Gasteiger partial charge is 0.318 e. The van der Waals surface area contributed by atoms with Crippen molar-refractivity contribution in [2.24, 2.45) is 5.41 Å². The monoisotopic (exact) mass is 640 g/mol. The van der Waals surface area contributed by atoms with Crippen molar-refractivity contribution in [2.45, 2.75) is 70.2 Å². The Morgan fingerprint density at radius 3 is 2.76 bits per heavy atom. The lowest BCUT2D eigenvalue weighted by molar-refractivity contribution is -0.128. The molecule has 240 valence electrons. The van der Waals surface area contributed by atoms with E-state index >= 15 is 0 Å². The van der Waals surface area contributed by atoms with Crippen LogP contribution in [0.15, 0.2) is 49.1 Å². The van der Waals surface area contributed by atoms with E-state index in [1.54, 1.807) is 4.90 Å². The van der Waals surface area contributed by atoms with Gasteiger partial charge in [0.2, 0.25) is 12.5 Å². The summed E-state index contributed by atoms with van der Waals surface area (Å²) in [6, 6.07) is 12.4. The fourth-order valence-electron chi connectivity index (χ4n) is 7.64. The summed E-state index contributed by atoms with van der Waals surface area (Å²) in [6.07, 6.45) is 8.56. The molecule has 2 saturated carbocycles. The van der Waals surface area contributed by atoms with Crippen molar-refractivity contribution in [3.05, 3.63) is 76.8 Å². The van der Waals surface area contributed by atoms with Crippen LogP contribution in [0.1, 0.15) is 50.3 Å². The van der Waals surface area contributed by atoms with Crippen molar-refractivity contribution in [1.29, 1.82) is 0 Å². The quantitative estimate of drug-likeness (QED) is 0.207. The lowest BCUT2D eigenvalue weighted by atomic mass is 10.0. The van der Waals surface area contributed by atoms with E-state index < -0.39 is 0 Å². The maximum Gasteiger partial charge on any atom is 0.318 e. The van der Waals surface area contributed by atoms with E-state index in [9.17, 15) is 4.79 Å². The van der Waals surface area contributed by atoms with Crippen molar-refractivity contribution in [2.75, 3.05) is 49.1 Å². The van der Waals surface area contributed by atoms with Gasteiger partial charge in [0.05, 0.1) is 29.5 Å². The molecule has 9 nitrogen and oxygen atoms in total. The van der Waals surface area contributed by atoms with Crippen LogP contribution in [0, 0.1) is 12.0 Å². The molecular formula is C36H41ClN6O3. The first-order chi connectivity index (χ1) is 22.4. The molecule has 1 spiro atoms. The van der Waals surface area contributed by atoms with Crippen molar-refractivity contribution < 1.29 is 14.3 Å². The van der Waals surface area contributed by atoms with Crippen LogP contribution in [0.3, 0.4) is 0 Å². The SMILES string of the molecule is [C-]#[N+]C[C@H]1CN(c2nc(OC[C@H](C)OC3CCC4(CC4)C3)nc3c2CCN(c2cccc4cccc(Cl)c24)C3)CCN1C(=O)C=C. The zero-order valence-electron chi connectivity index (χ0n) is 26.5. The topological polar surface area (TPSA) is 75.4 Å². The molecule has 2 aromatic carbocycles. The first-order valence-electron chi connectivity index (χ1n) is 16.5. The van der Waals surface area contributed by atoms with Crippen molar-refractivity contribution in [3.8, 4) is 6.01 Å². The number of ether oxygens (including phenoxy) is 2. The molecule has 1 amide bonds. The predicted molar refractivity (Wildman–Crippen MR) is 180 cm³/mol. The number of benzene rings is 2. The Kier molecular flexibility index (Phi) is 8.51. The minimum atomic E-state index is -0.251. The molecule has 4 aliphatic rings. The van der Waals surface area contributed by atoms with Crippen molar-refractivity contribution >= 4 is 39.8 Å². The second-order valence-electron chi connectivity index (χ2n) is 13.3. The Morgan fingerprint density at radius 1 is 1.17 bits per heavy atom. The molecule has 1 aromatic heterocycles. The van der Waals surface area contributed by atoms with Crippen LogP contribution in [0.2, 0.25) is 5.02 Å². The van der Waals surface area contributed by atoms with Gasteiger partial charge in [-0.1, -0.05) is 42.4 Å². The molecule has 0 N–H and O–H groups in total. The Hall–Kier alpha value is -3.87. The maximum atomic E-state index is 12.6. The highest BCUT2D eigenvalue weighted by molar-refractivity contribution is 6.36. The number of carbonyl (C=O) groups excluding carboxylic acids is 1. The van der Waals surface area contributed by atoms with Crippen molar-refractivity contribution in [3.63, 3.8) is 0 Å². The molecule has 3 heterocycles. The minimum absolute atomic E-state index is 0.0761. The number of piperazine rings is 1. The van der Waals surface area contributed by atoms with Gasteiger partial charge in [-0.05, 0) is 74.5 Å². The highest BCUT2D eigenvalue weighted by atomic mass is 35.5. The maximum absolute atomic E-state index is 12.6. The first-order valence-corrected chi connectivity index (χ1v) is 16.9. The van der Waals surface area contributed by atoms with Crippen LogP contribution < -0.4 is 14.5 Å². The molecule has 7 rings (SSSR count). The zero-order valence-corrected chi connectivity index (χ0v) is 27.2. The molecule has 10 heteroatoms. The summed E-state index contributed by atoms with van der Waals surface area (Å²) in [4.78, 5) is 32.5. The van der Waals surface area contributed by atoms with E-state index in [0.29, 0.717) is 50.3 Å². The summed E-state index contributed by atoms with van der Waals surface area (Å²) in [6.45, 7) is 16.8. The first kappa shape index (κ1) is 30.8. The molecule has 3 atom stereocenters. The minimum Gasteiger partial charge on any atom is -0.461 e. The lowest BCUT2D eigenvalue weighted by Gasteiger charge is -2.41. The predicted octanol–water partition coefficient (Wildman–Crippen LogP) is 6.08. The second-order valence-corrected chi connectivity index (χ2v) is 13.7. The third-order valence-corrected chi connectivity index (χ3v) is 10.5. The number of anilines is 2. The van der Waals surface area contributed by atoms with E-state index in [0.717, 1.165) is 64.4 Å². The standard InChI is InChI=1S/C36H41ClN6O3/c1-4-32(44)43-18-17-42(21-26(43)20-38-3)34-28-12-16-41(31-10-6-8-25-7-5-9-29(37)33(25)31)22-30(28)39-35(40-34)45-23-24(2)46-27-11-13-36(19-27)14-15-36/h4-10,24,26-27H,1,11-23H2,2H3/t24-,26-,27?/m0/s1. The summed E-state index contributed by atoms with van der Waals surface area (Å²) >= 11 is 6.72. The molecule has 46 heavy (non-hydrogen) atoms. The van der Waals surface area contributed by atoms with Crippen LogP contribution in [-0.4, -0.2) is 78.4 Å². The highest BCUT2D eigenvalue weighted by Crippen LogP contribution is 2.58. The van der Waals surface area contributed by atoms with Crippen LogP contribution in [0.4, 0.5) is 11.5 Å². The number of amides is 1. The Bertz CT molecular complexity index is 1680. The number of hydrogen-bond donors (Lipinski definition) is 0. The molecule has 3 aromatic rings. The third-order valence-electron chi connectivity index (χ3n) is 10.2. The average Bonchev–Trinajstić information content (AvgIpc) is 3.72. The van der Waals surface area contributed by atoms with Crippen LogP contribution in [-0.2, 0) is 22.5 Å². The molecule has 3 fully saturated rings. The van der Waals surface area contributed by atoms with E-state index in [4.69, 9.17) is 37.6 Å². The summed E-state index contributed by atoms with van der Waals surface area (Å²) in [5, 5.41) is 2.87. The second kappa shape index (κ2) is 12.7. The number of rotatable bonds is 9. The van der Waals surface area contributed by atoms with Gasteiger partial charge in [0.25, 0.3) is 0 Å². The van der Waals surface area contributed by atoms with Gasteiger partial charge < -0.3 is 29.0 Å². The zero-order chi connectivity index (χ0) is 31.8. The summed E-state index contributed by atoms with van der Waals surface area (Å²) in [5.41, 5.74) is 3.65. The molecule has 2 aliphatic heterocycles. The van der Waals surface area contributed by atoms with Gasteiger partial charge in [-0.15, -0.1) is 0 Å². The number of halogens is 1. The average molecular weight is 641 g/mol. The van der Waals surface area contributed by atoms with E-state index in [1.807, 2.05) is 12.1 Å². The van der Waals surface area contributed by atoms with Gasteiger partial charge in [-0.2, -0.15) is 9.97 Å². The Labute approximate surface area is 275 Å².